The topological polar surface area (TPSA) is 36.8 Å². The molecule has 1 aliphatic heterocycles. The van der Waals surface area contributed by atoms with Crippen LogP contribution in [-0.4, -0.2) is 10.7 Å². The van der Waals surface area contributed by atoms with Gasteiger partial charge in [-0.15, -0.1) is 0 Å². The second-order valence-corrected chi connectivity index (χ2v) is 7.38. The summed E-state index contributed by atoms with van der Waals surface area (Å²) in [6.07, 6.45) is 1.87. The van der Waals surface area contributed by atoms with Crippen molar-refractivity contribution in [3.8, 4) is 0 Å². The molecule has 2 aromatic rings. The maximum Gasteiger partial charge on any atom is 0.117 e. The molecular formula is C22H30NO+. The lowest BCUT2D eigenvalue weighted by Gasteiger charge is -2.49. The van der Waals surface area contributed by atoms with Crippen LogP contribution in [0, 0.1) is 11.8 Å². The number of nitrogens with two attached hydrogens (primary N) is 1. The van der Waals surface area contributed by atoms with Crippen molar-refractivity contribution in [2.45, 2.75) is 51.3 Å². The molecule has 2 heteroatoms. The quantitative estimate of drug-likeness (QED) is 0.880. The molecule has 3 N–H and O–H groups in total. The predicted octanol–water partition coefficient (Wildman–Crippen LogP) is 3.85. The molecule has 3 rings (SSSR count). The summed E-state index contributed by atoms with van der Waals surface area (Å²) in [5.41, 5.74) is 1.99. The Balaban J connectivity index is 2.02. The Hall–Kier alpha value is -1.64. The lowest BCUT2D eigenvalue weighted by Crippen LogP contribution is -2.93. The van der Waals surface area contributed by atoms with Crippen LogP contribution >= 0.6 is 0 Å². The minimum atomic E-state index is -0.634. The van der Waals surface area contributed by atoms with Gasteiger partial charge in [-0.2, -0.15) is 0 Å². The van der Waals surface area contributed by atoms with E-state index < -0.39 is 5.60 Å². The third-order valence-electron chi connectivity index (χ3n) is 6.09. The van der Waals surface area contributed by atoms with E-state index in [1.54, 1.807) is 0 Å². The van der Waals surface area contributed by atoms with Crippen molar-refractivity contribution in [2.75, 3.05) is 0 Å². The summed E-state index contributed by atoms with van der Waals surface area (Å²) < 4.78 is 0. The van der Waals surface area contributed by atoms with Crippen molar-refractivity contribution < 1.29 is 10.4 Å². The number of piperidine rings is 1. The first-order valence-electron chi connectivity index (χ1n) is 9.25. The zero-order chi connectivity index (χ0) is 17.2. The minimum absolute atomic E-state index is 0.217. The van der Waals surface area contributed by atoms with E-state index in [0.717, 1.165) is 12.8 Å². The van der Waals surface area contributed by atoms with Crippen molar-refractivity contribution in [3.63, 3.8) is 0 Å². The fraction of sp³-hybridized carbons (Fsp3) is 0.455. The van der Waals surface area contributed by atoms with Crippen LogP contribution in [0.4, 0.5) is 0 Å². The molecule has 0 aromatic heterocycles. The summed E-state index contributed by atoms with van der Waals surface area (Å²) in [7, 11) is 0. The van der Waals surface area contributed by atoms with Gasteiger partial charge in [-0.25, -0.2) is 0 Å². The Labute approximate surface area is 145 Å². The second kappa shape index (κ2) is 7.08. The standard InChI is InChI=1S/C22H29NO/c1-4-15-22(24)16(2)20(18-11-7-5-8-12-18)23-21(17(22)3)19-13-9-6-10-14-19/h5-14,16-17,20-21,23-24H,4,15H2,1-3H3/p+1/t16-,17+,20-,21+,22?. The molecule has 0 spiro atoms. The molecule has 0 bridgehead atoms. The lowest BCUT2D eigenvalue weighted by molar-refractivity contribution is -0.764. The Morgan fingerprint density at radius 3 is 1.62 bits per heavy atom. The van der Waals surface area contributed by atoms with E-state index in [2.05, 4.69) is 86.8 Å². The third kappa shape index (κ3) is 3.01. The van der Waals surface area contributed by atoms with Crippen molar-refractivity contribution in [1.29, 1.82) is 0 Å². The highest BCUT2D eigenvalue weighted by atomic mass is 16.3. The first kappa shape index (κ1) is 17.2. The molecule has 1 fully saturated rings. The zero-order valence-corrected chi connectivity index (χ0v) is 15.0. The smallest absolute Gasteiger partial charge is 0.117 e. The van der Waals surface area contributed by atoms with Gasteiger partial charge < -0.3 is 10.4 Å². The van der Waals surface area contributed by atoms with Crippen molar-refractivity contribution >= 4 is 0 Å². The van der Waals surface area contributed by atoms with E-state index in [4.69, 9.17) is 0 Å². The molecule has 1 unspecified atom stereocenters. The first-order chi connectivity index (χ1) is 11.6. The van der Waals surface area contributed by atoms with E-state index in [-0.39, 0.29) is 23.9 Å². The van der Waals surface area contributed by atoms with Gasteiger partial charge in [0.05, 0.1) is 5.60 Å². The maximum atomic E-state index is 11.7. The van der Waals surface area contributed by atoms with Gasteiger partial charge in [0.1, 0.15) is 12.1 Å². The van der Waals surface area contributed by atoms with Gasteiger partial charge in [0.15, 0.2) is 0 Å². The number of rotatable bonds is 4. The molecule has 1 heterocycles. The van der Waals surface area contributed by atoms with E-state index >= 15 is 0 Å². The summed E-state index contributed by atoms with van der Waals surface area (Å²) in [5, 5.41) is 14.1. The van der Waals surface area contributed by atoms with Crippen LogP contribution in [0.5, 0.6) is 0 Å². The van der Waals surface area contributed by atoms with Crippen LogP contribution in [0.1, 0.15) is 56.8 Å². The van der Waals surface area contributed by atoms with E-state index in [1.165, 1.54) is 11.1 Å². The predicted molar refractivity (Wildman–Crippen MR) is 98.5 cm³/mol. The van der Waals surface area contributed by atoms with Gasteiger partial charge >= 0.3 is 0 Å². The average molecular weight is 324 g/mol. The molecule has 2 nitrogen and oxygen atoms in total. The highest BCUT2D eigenvalue weighted by Gasteiger charge is 2.53. The van der Waals surface area contributed by atoms with Crippen LogP contribution in [0.2, 0.25) is 0 Å². The van der Waals surface area contributed by atoms with Gasteiger partial charge in [0.2, 0.25) is 0 Å². The second-order valence-electron chi connectivity index (χ2n) is 7.38. The molecule has 1 saturated heterocycles. The zero-order valence-electron chi connectivity index (χ0n) is 15.0. The van der Waals surface area contributed by atoms with Crippen LogP contribution in [-0.2, 0) is 0 Å². The number of quaternary nitrogens is 1. The molecule has 0 saturated carbocycles. The molecule has 24 heavy (non-hydrogen) atoms. The van der Waals surface area contributed by atoms with Gasteiger partial charge in [0, 0.05) is 23.0 Å². The molecule has 2 aromatic carbocycles. The summed E-state index contributed by atoms with van der Waals surface area (Å²) in [5.74, 6) is 0.435. The summed E-state index contributed by atoms with van der Waals surface area (Å²) in [4.78, 5) is 0. The van der Waals surface area contributed by atoms with Crippen molar-refractivity contribution in [3.05, 3.63) is 71.8 Å². The highest BCUT2D eigenvalue weighted by Crippen LogP contribution is 2.44. The summed E-state index contributed by atoms with van der Waals surface area (Å²) >= 11 is 0. The van der Waals surface area contributed by atoms with E-state index in [0.29, 0.717) is 0 Å². The van der Waals surface area contributed by atoms with Gasteiger partial charge in [-0.1, -0.05) is 87.9 Å². The van der Waals surface area contributed by atoms with Crippen LogP contribution < -0.4 is 5.32 Å². The average Bonchev–Trinajstić information content (AvgIpc) is 2.62. The highest BCUT2D eigenvalue weighted by molar-refractivity contribution is 5.23. The first-order valence-corrected chi connectivity index (χ1v) is 9.25. The van der Waals surface area contributed by atoms with Crippen molar-refractivity contribution in [1.82, 2.24) is 0 Å². The number of hydrogen-bond acceptors (Lipinski definition) is 1. The number of aliphatic hydroxyl groups is 1. The van der Waals surface area contributed by atoms with Crippen LogP contribution in [0.3, 0.4) is 0 Å². The molecule has 128 valence electrons. The van der Waals surface area contributed by atoms with Gasteiger partial charge in [-0.05, 0) is 6.42 Å². The Bertz CT molecular complexity index is 588. The Morgan fingerprint density at radius 2 is 1.25 bits per heavy atom. The number of benzene rings is 2. The van der Waals surface area contributed by atoms with E-state index in [9.17, 15) is 5.11 Å². The fourth-order valence-corrected chi connectivity index (χ4v) is 4.60. The Morgan fingerprint density at radius 1 is 0.833 bits per heavy atom. The molecular weight excluding hydrogens is 294 g/mol. The third-order valence-corrected chi connectivity index (χ3v) is 6.09. The van der Waals surface area contributed by atoms with Crippen LogP contribution in [0.15, 0.2) is 60.7 Å². The molecule has 0 aliphatic carbocycles. The van der Waals surface area contributed by atoms with E-state index in [1.807, 2.05) is 0 Å². The fourth-order valence-electron chi connectivity index (χ4n) is 4.60. The molecule has 1 aliphatic rings. The number of hydrogen-bond donors (Lipinski definition) is 2. The lowest BCUT2D eigenvalue weighted by atomic mass is 9.64. The van der Waals surface area contributed by atoms with Crippen molar-refractivity contribution in [2.24, 2.45) is 11.8 Å². The molecule has 5 atom stereocenters. The largest absolute Gasteiger partial charge is 0.389 e. The SMILES string of the molecule is CCCC1(O)[C@H](C)[C@H](c2ccccc2)[NH2+][C@H](c2ccccc2)[C@@H]1C. The molecule has 0 radical (unpaired) electrons. The Kier molecular flexibility index (Phi) is 5.07. The summed E-state index contributed by atoms with van der Waals surface area (Å²) in [6, 6.07) is 21.9. The maximum absolute atomic E-state index is 11.7. The van der Waals surface area contributed by atoms with Crippen LogP contribution in [0.25, 0.3) is 0 Å². The van der Waals surface area contributed by atoms with Gasteiger partial charge in [-0.3, -0.25) is 0 Å². The van der Waals surface area contributed by atoms with Gasteiger partial charge in [0.25, 0.3) is 0 Å². The summed E-state index contributed by atoms with van der Waals surface area (Å²) in [6.45, 7) is 6.62. The monoisotopic (exact) mass is 324 g/mol. The molecule has 0 amide bonds. The normalized spacial score (nSPS) is 33.3. The minimum Gasteiger partial charge on any atom is -0.389 e.